The summed E-state index contributed by atoms with van der Waals surface area (Å²) in [6, 6.07) is 12.2. The fourth-order valence-corrected chi connectivity index (χ4v) is 2.99. The molecule has 0 spiro atoms. The molecule has 1 N–H and O–H groups in total. The molecule has 0 bridgehead atoms. The molecular formula is C23H28ClFN2O3. The summed E-state index contributed by atoms with van der Waals surface area (Å²) in [5.41, 5.74) is 0.756. The van der Waals surface area contributed by atoms with Gasteiger partial charge in [0.2, 0.25) is 11.8 Å². The summed E-state index contributed by atoms with van der Waals surface area (Å²) < 4.78 is 18.8. The van der Waals surface area contributed by atoms with Gasteiger partial charge in [0.25, 0.3) is 0 Å². The first-order valence-electron chi connectivity index (χ1n) is 9.99. The van der Waals surface area contributed by atoms with Gasteiger partial charge in [0.15, 0.2) is 0 Å². The molecule has 2 aromatic carbocycles. The van der Waals surface area contributed by atoms with Crippen LogP contribution in [0, 0.1) is 5.82 Å². The second-order valence-electron chi connectivity index (χ2n) is 7.39. The highest BCUT2D eigenvalue weighted by molar-refractivity contribution is 6.30. The van der Waals surface area contributed by atoms with E-state index in [1.54, 1.807) is 43.3 Å². The second-order valence-corrected chi connectivity index (χ2v) is 7.83. The smallest absolute Gasteiger partial charge is 0.242 e. The van der Waals surface area contributed by atoms with Crippen molar-refractivity contribution in [2.75, 3.05) is 6.61 Å². The standard InChI is InChI=1S/C23H28ClFN2O3/c1-16(2)26-23(29)17(3)27(15-18-6-10-20(25)11-7-18)22(28)5-4-14-30-21-12-8-19(24)9-13-21/h6-13,16-17H,4-5,14-15H2,1-3H3,(H,26,29). The van der Waals surface area contributed by atoms with Crippen molar-refractivity contribution in [3.63, 3.8) is 0 Å². The zero-order valence-electron chi connectivity index (χ0n) is 17.5. The van der Waals surface area contributed by atoms with Crippen LogP contribution in [0.2, 0.25) is 5.02 Å². The van der Waals surface area contributed by atoms with Crippen LogP contribution in [0.25, 0.3) is 0 Å². The Kier molecular flexibility index (Phi) is 9.12. The molecule has 0 aliphatic rings. The molecule has 0 heterocycles. The number of benzene rings is 2. The molecular weight excluding hydrogens is 407 g/mol. The lowest BCUT2D eigenvalue weighted by atomic mass is 10.1. The van der Waals surface area contributed by atoms with Crippen LogP contribution < -0.4 is 10.1 Å². The molecule has 1 atom stereocenters. The monoisotopic (exact) mass is 434 g/mol. The van der Waals surface area contributed by atoms with Gasteiger partial charge in [0.1, 0.15) is 17.6 Å². The Morgan fingerprint density at radius 1 is 1.07 bits per heavy atom. The first-order chi connectivity index (χ1) is 14.3. The predicted octanol–water partition coefficient (Wildman–Crippen LogP) is 4.58. The van der Waals surface area contributed by atoms with Crippen molar-refractivity contribution in [3.8, 4) is 5.75 Å². The van der Waals surface area contributed by atoms with E-state index in [-0.39, 0.29) is 36.6 Å². The molecule has 2 aromatic rings. The number of carbonyl (C=O) groups is 2. The van der Waals surface area contributed by atoms with Gasteiger partial charge in [-0.25, -0.2) is 4.39 Å². The van der Waals surface area contributed by atoms with Crippen LogP contribution in [0.15, 0.2) is 48.5 Å². The molecule has 30 heavy (non-hydrogen) atoms. The first kappa shape index (κ1) is 23.7. The van der Waals surface area contributed by atoms with E-state index >= 15 is 0 Å². The van der Waals surface area contributed by atoms with Crippen molar-refractivity contribution in [1.82, 2.24) is 10.2 Å². The molecule has 0 aromatic heterocycles. The van der Waals surface area contributed by atoms with Crippen molar-refractivity contribution >= 4 is 23.4 Å². The lowest BCUT2D eigenvalue weighted by Crippen LogP contribution is -2.49. The number of amides is 2. The van der Waals surface area contributed by atoms with Crippen molar-refractivity contribution in [2.24, 2.45) is 0 Å². The van der Waals surface area contributed by atoms with Crippen molar-refractivity contribution < 1.29 is 18.7 Å². The lowest BCUT2D eigenvalue weighted by Gasteiger charge is -2.29. The summed E-state index contributed by atoms with van der Waals surface area (Å²) in [4.78, 5) is 26.9. The summed E-state index contributed by atoms with van der Waals surface area (Å²) >= 11 is 5.85. The Hall–Kier alpha value is -2.60. The molecule has 162 valence electrons. The number of nitrogens with zero attached hydrogens (tertiary/aromatic N) is 1. The Balaban J connectivity index is 1.98. The number of hydrogen-bond acceptors (Lipinski definition) is 3. The van der Waals surface area contributed by atoms with Crippen molar-refractivity contribution in [2.45, 2.75) is 52.2 Å². The van der Waals surface area contributed by atoms with E-state index in [9.17, 15) is 14.0 Å². The average molecular weight is 435 g/mol. The first-order valence-corrected chi connectivity index (χ1v) is 10.4. The molecule has 0 saturated carbocycles. The maximum absolute atomic E-state index is 13.2. The third-order valence-electron chi connectivity index (χ3n) is 4.48. The van der Waals surface area contributed by atoms with Gasteiger partial charge in [-0.15, -0.1) is 0 Å². The molecule has 0 aliphatic heterocycles. The van der Waals surface area contributed by atoms with Gasteiger partial charge in [-0.3, -0.25) is 9.59 Å². The van der Waals surface area contributed by atoms with Gasteiger partial charge in [0.05, 0.1) is 6.61 Å². The Morgan fingerprint density at radius 3 is 2.30 bits per heavy atom. The van der Waals surface area contributed by atoms with E-state index < -0.39 is 6.04 Å². The van der Waals surface area contributed by atoms with Crippen LogP contribution in [-0.4, -0.2) is 35.4 Å². The zero-order chi connectivity index (χ0) is 22.1. The second kappa shape index (κ2) is 11.6. The van der Waals surface area contributed by atoms with Gasteiger partial charge in [-0.1, -0.05) is 23.7 Å². The third kappa shape index (κ3) is 7.67. The molecule has 1 unspecified atom stereocenters. The number of rotatable bonds is 10. The van der Waals surface area contributed by atoms with Gasteiger partial charge >= 0.3 is 0 Å². The largest absolute Gasteiger partial charge is 0.494 e. The van der Waals surface area contributed by atoms with Crippen LogP contribution in [0.5, 0.6) is 5.75 Å². The highest BCUT2D eigenvalue weighted by atomic mass is 35.5. The van der Waals surface area contributed by atoms with Gasteiger partial charge in [-0.05, 0) is 69.2 Å². The van der Waals surface area contributed by atoms with Crippen LogP contribution in [0.1, 0.15) is 39.2 Å². The molecule has 0 aliphatic carbocycles. The maximum atomic E-state index is 13.2. The van der Waals surface area contributed by atoms with Crippen LogP contribution in [-0.2, 0) is 16.1 Å². The summed E-state index contributed by atoms with van der Waals surface area (Å²) in [5.74, 6) is -0.0513. The van der Waals surface area contributed by atoms with E-state index in [0.717, 1.165) is 5.56 Å². The van der Waals surface area contributed by atoms with Crippen LogP contribution in [0.4, 0.5) is 4.39 Å². The summed E-state index contributed by atoms with van der Waals surface area (Å²) in [6.07, 6.45) is 0.730. The number of hydrogen-bond donors (Lipinski definition) is 1. The average Bonchev–Trinajstić information content (AvgIpc) is 2.71. The minimum absolute atomic E-state index is 0.0319. The minimum Gasteiger partial charge on any atom is -0.494 e. The Morgan fingerprint density at radius 2 is 1.70 bits per heavy atom. The molecule has 2 amide bonds. The molecule has 2 rings (SSSR count). The summed E-state index contributed by atoms with van der Waals surface area (Å²) in [6.45, 7) is 6.02. The fraction of sp³-hybridized carbons (Fsp3) is 0.391. The lowest BCUT2D eigenvalue weighted by molar-refractivity contribution is -0.141. The maximum Gasteiger partial charge on any atom is 0.242 e. The highest BCUT2D eigenvalue weighted by Crippen LogP contribution is 2.17. The summed E-state index contributed by atoms with van der Waals surface area (Å²) in [7, 11) is 0. The van der Waals surface area contributed by atoms with Crippen LogP contribution in [0.3, 0.4) is 0 Å². The molecule has 7 heteroatoms. The quantitative estimate of drug-likeness (QED) is 0.557. The Bertz CT molecular complexity index is 825. The van der Waals surface area contributed by atoms with Crippen molar-refractivity contribution in [1.29, 1.82) is 0 Å². The molecule has 0 radical (unpaired) electrons. The molecule has 0 fully saturated rings. The third-order valence-corrected chi connectivity index (χ3v) is 4.73. The van der Waals surface area contributed by atoms with Gasteiger partial charge < -0.3 is 15.0 Å². The fourth-order valence-electron chi connectivity index (χ4n) is 2.86. The van der Waals surface area contributed by atoms with E-state index in [2.05, 4.69) is 5.32 Å². The minimum atomic E-state index is -0.651. The van der Waals surface area contributed by atoms with E-state index in [0.29, 0.717) is 23.8 Å². The van der Waals surface area contributed by atoms with E-state index in [1.165, 1.54) is 17.0 Å². The van der Waals surface area contributed by atoms with E-state index in [4.69, 9.17) is 16.3 Å². The van der Waals surface area contributed by atoms with E-state index in [1.807, 2.05) is 13.8 Å². The molecule has 5 nitrogen and oxygen atoms in total. The zero-order valence-corrected chi connectivity index (χ0v) is 18.3. The molecule has 0 saturated heterocycles. The highest BCUT2D eigenvalue weighted by Gasteiger charge is 2.26. The number of nitrogens with one attached hydrogen (secondary N) is 1. The topological polar surface area (TPSA) is 58.6 Å². The SMILES string of the molecule is CC(C)NC(=O)C(C)N(Cc1ccc(F)cc1)C(=O)CCCOc1ccc(Cl)cc1. The Labute approximate surface area is 182 Å². The number of carbonyl (C=O) groups excluding carboxylic acids is 2. The van der Waals surface area contributed by atoms with Crippen molar-refractivity contribution in [3.05, 3.63) is 64.9 Å². The van der Waals surface area contributed by atoms with Gasteiger partial charge in [0, 0.05) is 24.0 Å². The predicted molar refractivity (Wildman–Crippen MR) is 116 cm³/mol. The van der Waals surface area contributed by atoms with Gasteiger partial charge in [-0.2, -0.15) is 0 Å². The normalized spacial score (nSPS) is 11.8. The summed E-state index contributed by atoms with van der Waals surface area (Å²) in [5, 5.41) is 3.47. The number of halogens is 2. The number of ether oxygens (including phenoxy) is 1. The van der Waals surface area contributed by atoms with Crippen LogP contribution >= 0.6 is 11.6 Å².